The molecule has 0 aromatic carbocycles. The second kappa shape index (κ2) is 63.1. The predicted octanol–water partition coefficient (Wildman–Crippen LogP) is 21.0. The molecule has 0 saturated heterocycles. The lowest BCUT2D eigenvalue weighted by molar-refractivity contribution is -0.132. The molecule has 0 spiro atoms. The van der Waals surface area contributed by atoms with Crippen molar-refractivity contribution in [3.05, 3.63) is 0 Å². The predicted molar refractivity (Wildman–Crippen MR) is 325 cm³/mol. The van der Waals surface area contributed by atoms with E-state index in [9.17, 15) is 25.2 Å². The maximum Gasteiger partial charge on any atom is 0.249 e. The van der Waals surface area contributed by atoms with Crippen molar-refractivity contribution < 1.29 is 25.2 Å². The fraction of sp³-hybridized carbons (Fsp3) is 0.985. The van der Waals surface area contributed by atoms with Crippen LogP contribution in [0.5, 0.6) is 0 Å². The van der Waals surface area contributed by atoms with Crippen LogP contribution in [-0.2, 0) is 4.79 Å². The first-order chi connectivity index (χ1) is 36.5. The van der Waals surface area contributed by atoms with E-state index in [2.05, 4.69) is 19.2 Å². The highest BCUT2D eigenvalue weighted by Crippen LogP contribution is 2.20. The molecule has 6 nitrogen and oxygen atoms in total. The third kappa shape index (κ3) is 56.0. The number of rotatable bonds is 65. The molecule has 1 amide bonds. The largest absolute Gasteiger partial charge is 0.394 e. The highest BCUT2D eigenvalue weighted by molar-refractivity contribution is 5.80. The topological polar surface area (TPSA) is 110 Å². The Morgan fingerprint density at radius 3 is 0.649 bits per heavy atom. The highest BCUT2D eigenvalue weighted by atomic mass is 16.3. The Kier molecular flexibility index (Phi) is 62.6. The molecule has 0 aliphatic carbocycles. The zero-order valence-corrected chi connectivity index (χ0v) is 50.6. The number of unbranched alkanes of at least 4 members (excludes halogenated alkanes) is 56. The maximum atomic E-state index is 12.7. The molecule has 74 heavy (non-hydrogen) atoms. The van der Waals surface area contributed by atoms with Gasteiger partial charge in [-0.3, -0.25) is 4.79 Å². The second-order valence-electron chi connectivity index (χ2n) is 24.2. The summed E-state index contributed by atoms with van der Waals surface area (Å²) in [5, 5.41) is 44.2. The number of aliphatic hydroxyl groups excluding tert-OH is 4. The lowest BCUT2D eigenvalue weighted by atomic mass is 9.99. The number of hydrogen-bond acceptors (Lipinski definition) is 5. The number of amides is 1. The minimum Gasteiger partial charge on any atom is -0.394 e. The van der Waals surface area contributed by atoms with Crippen molar-refractivity contribution in [1.82, 2.24) is 5.32 Å². The third-order valence-electron chi connectivity index (χ3n) is 16.8. The van der Waals surface area contributed by atoms with Gasteiger partial charge in [0.15, 0.2) is 0 Å². The van der Waals surface area contributed by atoms with Gasteiger partial charge >= 0.3 is 0 Å². The van der Waals surface area contributed by atoms with Crippen LogP contribution in [-0.4, -0.2) is 57.3 Å². The van der Waals surface area contributed by atoms with Gasteiger partial charge in [-0.1, -0.05) is 386 Å². The van der Waals surface area contributed by atoms with Gasteiger partial charge in [0.1, 0.15) is 12.2 Å². The van der Waals surface area contributed by atoms with E-state index < -0.39 is 36.9 Å². The van der Waals surface area contributed by atoms with Crippen LogP contribution in [0.3, 0.4) is 0 Å². The summed E-state index contributed by atoms with van der Waals surface area (Å²) >= 11 is 0. The van der Waals surface area contributed by atoms with Crippen molar-refractivity contribution in [2.75, 3.05) is 6.61 Å². The van der Waals surface area contributed by atoms with Gasteiger partial charge in [0.25, 0.3) is 0 Å². The first-order valence-corrected chi connectivity index (χ1v) is 34.4. The summed E-state index contributed by atoms with van der Waals surface area (Å²) in [6.45, 7) is 4.12. The summed E-state index contributed by atoms with van der Waals surface area (Å²) in [6.07, 6.45) is 76.6. The molecule has 0 saturated carbocycles. The van der Waals surface area contributed by atoms with Crippen LogP contribution in [0.15, 0.2) is 0 Å². The third-order valence-corrected chi connectivity index (χ3v) is 16.8. The van der Waals surface area contributed by atoms with Crippen molar-refractivity contribution in [2.45, 2.75) is 423 Å². The van der Waals surface area contributed by atoms with Gasteiger partial charge in [0, 0.05) is 0 Å². The van der Waals surface area contributed by atoms with Crippen LogP contribution >= 0.6 is 0 Å². The molecule has 0 fully saturated rings. The monoisotopic (exact) mass is 1050 g/mol. The molecule has 5 N–H and O–H groups in total. The van der Waals surface area contributed by atoms with Crippen LogP contribution in [0.2, 0.25) is 0 Å². The van der Waals surface area contributed by atoms with E-state index in [0.717, 1.165) is 38.5 Å². The van der Waals surface area contributed by atoms with E-state index in [0.29, 0.717) is 12.8 Å². The van der Waals surface area contributed by atoms with E-state index in [4.69, 9.17) is 0 Å². The minimum atomic E-state index is -1.26. The van der Waals surface area contributed by atoms with E-state index in [1.54, 1.807) is 0 Å². The molecule has 4 unspecified atom stereocenters. The molecular weight excluding hydrogens is 911 g/mol. The fourth-order valence-electron chi connectivity index (χ4n) is 11.5. The maximum absolute atomic E-state index is 12.7. The minimum absolute atomic E-state index is 0.377. The number of carbonyl (C=O) groups excluding carboxylic acids is 1. The van der Waals surface area contributed by atoms with Gasteiger partial charge in [0.2, 0.25) is 5.91 Å². The van der Waals surface area contributed by atoms with E-state index in [-0.39, 0.29) is 0 Å². The molecule has 0 aromatic rings. The van der Waals surface area contributed by atoms with Gasteiger partial charge in [-0.2, -0.15) is 0 Å². The van der Waals surface area contributed by atoms with Gasteiger partial charge in [-0.05, 0) is 12.8 Å². The van der Waals surface area contributed by atoms with Gasteiger partial charge < -0.3 is 25.7 Å². The van der Waals surface area contributed by atoms with Crippen LogP contribution in [0, 0.1) is 0 Å². The van der Waals surface area contributed by atoms with Crippen LogP contribution in [0.25, 0.3) is 0 Å². The van der Waals surface area contributed by atoms with Crippen molar-refractivity contribution in [3.63, 3.8) is 0 Å². The van der Waals surface area contributed by atoms with Gasteiger partial charge in [0.05, 0.1) is 18.8 Å². The van der Waals surface area contributed by atoms with Gasteiger partial charge in [-0.15, -0.1) is 0 Å². The quantitative estimate of drug-likeness (QED) is 0.0390. The summed E-state index contributed by atoms with van der Waals surface area (Å²) in [4.78, 5) is 12.7. The fourth-order valence-corrected chi connectivity index (χ4v) is 11.5. The molecule has 0 radical (unpaired) electrons. The number of hydrogen-bond donors (Lipinski definition) is 5. The SMILES string of the molecule is CCCCCCCCCCCCCCCCCCCCCCCCCCCCCCCCCCCCCCC(O)C(=O)NC(CO)C(O)C(O)CCCCCCCCCCCCCCCCCCCCCCCC. The standard InChI is InChI=1S/C68H137NO5/c1-3-5-7-9-11-13-15-17-19-21-23-25-27-28-29-30-31-32-33-34-35-36-37-38-39-40-42-44-46-48-50-52-54-56-58-60-62-66(72)68(74)69-64(63-70)67(73)65(71)61-59-57-55-53-51-49-47-45-43-41-26-24-22-20-18-16-14-12-10-8-6-4-2/h64-67,70-73H,3-63H2,1-2H3,(H,69,74). The number of carbonyl (C=O) groups is 1. The molecule has 0 rings (SSSR count). The smallest absolute Gasteiger partial charge is 0.249 e. The normalized spacial score (nSPS) is 13.4. The summed E-state index contributed by atoms with van der Waals surface area (Å²) < 4.78 is 0. The lowest BCUT2D eigenvalue weighted by Gasteiger charge is -2.27. The molecule has 0 bridgehead atoms. The summed E-state index contributed by atoms with van der Waals surface area (Å²) in [5.41, 5.74) is 0. The summed E-state index contributed by atoms with van der Waals surface area (Å²) in [5.74, 6) is -0.573. The van der Waals surface area contributed by atoms with Crippen LogP contribution < -0.4 is 5.32 Å². The van der Waals surface area contributed by atoms with Crippen LogP contribution in [0.4, 0.5) is 0 Å². The number of aliphatic hydroxyl groups is 4. The van der Waals surface area contributed by atoms with E-state index in [1.165, 1.54) is 334 Å². The Morgan fingerprint density at radius 1 is 0.284 bits per heavy atom. The Hall–Kier alpha value is -0.690. The Bertz CT molecular complexity index is 1040. The van der Waals surface area contributed by atoms with Crippen molar-refractivity contribution in [3.8, 4) is 0 Å². The molecule has 444 valence electrons. The zero-order chi connectivity index (χ0) is 53.7. The lowest BCUT2D eigenvalue weighted by Crippen LogP contribution is -2.53. The number of nitrogens with one attached hydrogen (secondary N) is 1. The summed E-state index contributed by atoms with van der Waals surface area (Å²) in [6, 6.07) is -0.982. The highest BCUT2D eigenvalue weighted by Gasteiger charge is 2.28. The van der Waals surface area contributed by atoms with E-state index >= 15 is 0 Å². The molecule has 0 heterocycles. The molecule has 4 atom stereocenters. The van der Waals surface area contributed by atoms with Crippen molar-refractivity contribution in [2.24, 2.45) is 0 Å². The van der Waals surface area contributed by atoms with E-state index in [1.807, 2.05) is 0 Å². The Balaban J connectivity index is 3.48. The summed E-state index contributed by atoms with van der Waals surface area (Å²) in [7, 11) is 0. The molecule has 0 aliphatic rings. The Labute approximate surface area is 464 Å². The van der Waals surface area contributed by atoms with Crippen molar-refractivity contribution in [1.29, 1.82) is 0 Å². The molecular formula is C68H137NO5. The Morgan fingerprint density at radius 2 is 0.459 bits per heavy atom. The van der Waals surface area contributed by atoms with Crippen molar-refractivity contribution >= 4 is 5.91 Å². The zero-order valence-electron chi connectivity index (χ0n) is 50.6. The first-order valence-electron chi connectivity index (χ1n) is 34.4. The molecule has 0 aliphatic heterocycles. The first kappa shape index (κ1) is 73.3. The average Bonchev–Trinajstić information content (AvgIpc) is 3.41. The molecule has 0 aromatic heterocycles. The average molecular weight is 1050 g/mol. The molecule has 6 heteroatoms. The van der Waals surface area contributed by atoms with Crippen LogP contribution in [0.1, 0.15) is 399 Å². The van der Waals surface area contributed by atoms with Gasteiger partial charge in [-0.25, -0.2) is 0 Å². The second-order valence-corrected chi connectivity index (χ2v) is 24.2.